The average Bonchev–Trinajstić information content (AvgIpc) is 3.23. The molecule has 1 fully saturated rings. The maximum absolute atomic E-state index is 5.90. The number of ether oxygens (including phenoxy) is 1. The van der Waals surface area contributed by atoms with Crippen LogP contribution in [0.2, 0.25) is 0 Å². The summed E-state index contributed by atoms with van der Waals surface area (Å²) in [5.41, 5.74) is 0.447. The van der Waals surface area contributed by atoms with Crippen molar-refractivity contribution >= 4 is 11.5 Å². The van der Waals surface area contributed by atoms with Crippen molar-refractivity contribution in [2.75, 3.05) is 25.1 Å². The van der Waals surface area contributed by atoms with Crippen molar-refractivity contribution in [1.29, 1.82) is 0 Å². The normalized spacial score (nSPS) is 17.7. The maximum Gasteiger partial charge on any atom is 0.203 e. The number of rotatable bonds is 3. The van der Waals surface area contributed by atoms with Crippen LogP contribution in [-0.2, 0) is 17.4 Å². The lowest BCUT2D eigenvalue weighted by atomic mass is 9.90. The molecule has 3 aromatic rings. The summed E-state index contributed by atoms with van der Waals surface area (Å²) in [5.74, 6) is 1.85. The number of hydrogen-bond acceptors (Lipinski definition) is 6. The van der Waals surface area contributed by atoms with E-state index in [1.54, 1.807) is 19.6 Å². The van der Waals surface area contributed by atoms with Crippen LogP contribution in [0.3, 0.4) is 0 Å². The Morgan fingerprint density at radius 2 is 1.91 bits per heavy atom. The number of piperidine rings is 1. The molecule has 0 N–H and O–H groups in total. The highest BCUT2D eigenvalue weighted by Crippen LogP contribution is 2.36. The Morgan fingerprint density at radius 1 is 1.13 bits per heavy atom. The molecule has 0 amide bonds. The van der Waals surface area contributed by atoms with Crippen molar-refractivity contribution in [3.05, 3.63) is 36.9 Å². The summed E-state index contributed by atoms with van der Waals surface area (Å²) in [4.78, 5) is 11.2. The van der Waals surface area contributed by atoms with Gasteiger partial charge in [0.15, 0.2) is 5.82 Å². The average molecular weight is 313 g/mol. The van der Waals surface area contributed by atoms with Crippen molar-refractivity contribution in [3.8, 4) is 0 Å². The van der Waals surface area contributed by atoms with Gasteiger partial charge in [0, 0.05) is 64.9 Å². The van der Waals surface area contributed by atoms with Crippen LogP contribution in [0.4, 0.5) is 5.82 Å². The Balaban J connectivity index is 1.61. The summed E-state index contributed by atoms with van der Waals surface area (Å²) in [6.45, 7) is 1.67. The first kappa shape index (κ1) is 14.1. The number of nitrogens with zero attached hydrogens (tertiary/aromatic N) is 7. The van der Waals surface area contributed by atoms with E-state index < -0.39 is 0 Å². The van der Waals surface area contributed by atoms with Crippen LogP contribution in [0.1, 0.15) is 18.7 Å². The van der Waals surface area contributed by atoms with E-state index in [0.717, 1.165) is 43.2 Å². The molecule has 1 aliphatic heterocycles. The lowest BCUT2D eigenvalue weighted by molar-refractivity contribution is -0.0437. The summed E-state index contributed by atoms with van der Waals surface area (Å²) in [7, 11) is 3.77. The molecule has 0 atom stereocenters. The van der Waals surface area contributed by atoms with E-state index in [-0.39, 0.29) is 5.60 Å². The minimum absolute atomic E-state index is 0.340. The highest BCUT2D eigenvalue weighted by atomic mass is 16.5. The van der Waals surface area contributed by atoms with Crippen LogP contribution in [0.5, 0.6) is 0 Å². The third-order valence-corrected chi connectivity index (χ3v) is 4.69. The lowest BCUT2D eigenvalue weighted by Gasteiger charge is -2.40. The Hall–Kier alpha value is -2.48. The molecule has 8 heteroatoms. The predicted molar refractivity (Wildman–Crippen MR) is 84.1 cm³/mol. The van der Waals surface area contributed by atoms with Crippen LogP contribution >= 0.6 is 0 Å². The summed E-state index contributed by atoms with van der Waals surface area (Å²) in [5, 5.41) is 8.14. The molecule has 0 aliphatic carbocycles. The van der Waals surface area contributed by atoms with Gasteiger partial charge in [-0.3, -0.25) is 4.40 Å². The maximum atomic E-state index is 5.90. The summed E-state index contributed by atoms with van der Waals surface area (Å²) < 4.78 is 9.82. The van der Waals surface area contributed by atoms with Crippen LogP contribution in [0, 0.1) is 0 Å². The number of imidazole rings is 1. The Kier molecular flexibility index (Phi) is 3.26. The van der Waals surface area contributed by atoms with Crippen LogP contribution in [0.25, 0.3) is 5.65 Å². The van der Waals surface area contributed by atoms with E-state index in [1.165, 1.54) is 0 Å². The zero-order valence-corrected chi connectivity index (χ0v) is 13.3. The molecule has 1 saturated heterocycles. The van der Waals surface area contributed by atoms with Gasteiger partial charge >= 0.3 is 0 Å². The number of hydrogen-bond donors (Lipinski definition) is 0. The van der Waals surface area contributed by atoms with Gasteiger partial charge in [0.05, 0.1) is 0 Å². The fraction of sp³-hybridized carbons (Fsp3) is 0.467. The fourth-order valence-corrected chi connectivity index (χ4v) is 3.37. The predicted octanol–water partition coefficient (Wildman–Crippen LogP) is 1.000. The molecule has 0 unspecified atom stereocenters. The Labute approximate surface area is 133 Å². The molecule has 3 aromatic heterocycles. The second-order valence-electron chi connectivity index (χ2n) is 5.86. The van der Waals surface area contributed by atoms with E-state index in [1.807, 2.05) is 34.6 Å². The van der Waals surface area contributed by atoms with E-state index in [0.29, 0.717) is 0 Å². The minimum atomic E-state index is -0.340. The van der Waals surface area contributed by atoms with Gasteiger partial charge in [0.1, 0.15) is 17.8 Å². The molecule has 0 aromatic carbocycles. The second-order valence-corrected chi connectivity index (χ2v) is 5.86. The lowest BCUT2D eigenvalue weighted by Crippen LogP contribution is -2.45. The molecule has 4 rings (SSSR count). The van der Waals surface area contributed by atoms with E-state index in [9.17, 15) is 0 Å². The molecular formula is C15H19N7O. The molecule has 8 nitrogen and oxygen atoms in total. The van der Waals surface area contributed by atoms with Crippen LogP contribution < -0.4 is 4.90 Å². The van der Waals surface area contributed by atoms with E-state index >= 15 is 0 Å². The van der Waals surface area contributed by atoms with Gasteiger partial charge in [-0.25, -0.2) is 9.97 Å². The Morgan fingerprint density at radius 3 is 2.61 bits per heavy atom. The number of aromatic nitrogens is 6. The number of aryl methyl sites for hydroxylation is 1. The monoisotopic (exact) mass is 313 g/mol. The summed E-state index contributed by atoms with van der Waals surface area (Å²) in [6.07, 6.45) is 10.8. The number of anilines is 1. The van der Waals surface area contributed by atoms with Gasteiger partial charge in [-0.05, 0) is 0 Å². The molecular weight excluding hydrogens is 294 g/mol. The molecule has 0 saturated carbocycles. The summed E-state index contributed by atoms with van der Waals surface area (Å²) >= 11 is 0. The first-order valence-corrected chi connectivity index (χ1v) is 7.66. The zero-order chi connectivity index (χ0) is 15.9. The minimum Gasteiger partial charge on any atom is -0.370 e. The number of fused-ring (bicyclic) bond motifs is 1. The van der Waals surface area contributed by atoms with Gasteiger partial charge in [0.2, 0.25) is 5.65 Å². The van der Waals surface area contributed by atoms with Crippen molar-refractivity contribution in [2.24, 2.45) is 7.05 Å². The SMILES string of the molecule is COC1(c2nccn2C)CCN(c2nccn3cnnc23)CC1. The van der Waals surface area contributed by atoms with Crippen molar-refractivity contribution in [3.63, 3.8) is 0 Å². The fourth-order valence-electron chi connectivity index (χ4n) is 3.37. The molecule has 1 aliphatic rings. The molecule has 120 valence electrons. The molecule has 0 bridgehead atoms. The molecule has 0 radical (unpaired) electrons. The molecule has 23 heavy (non-hydrogen) atoms. The molecule has 4 heterocycles. The largest absolute Gasteiger partial charge is 0.370 e. The van der Waals surface area contributed by atoms with Crippen molar-refractivity contribution < 1.29 is 4.74 Å². The van der Waals surface area contributed by atoms with Crippen molar-refractivity contribution in [2.45, 2.75) is 18.4 Å². The number of methoxy groups -OCH3 is 1. The van der Waals surface area contributed by atoms with E-state index in [2.05, 4.69) is 25.1 Å². The Bertz CT molecular complexity index is 816. The zero-order valence-electron chi connectivity index (χ0n) is 13.3. The van der Waals surface area contributed by atoms with Gasteiger partial charge in [-0.2, -0.15) is 0 Å². The standard InChI is InChI=1S/C15H19N7O/c1-20-9-5-17-14(20)15(23-2)3-7-21(8-4-15)12-13-19-18-11-22(13)10-6-16-12/h5-6,9-11H,3-4,7-8H2,1-2H3. The highest BCUT2D eigenvalue weighted by Gasteiger charge is 2.40. The van der Waals surface area contributed by atoms with Crippen LogP contribution in [-0.4, -0.2) is 49.3 Å². The topological polar surface area (TPSA) is 73.4 Å². The van der Waals surface area contributed by atoms with Gasteiger partial charge in [-0.15, -0.1) is 10.2 Å². The highest BCUT2D eigenvalue weighted by molar-refractivity contribution is 5.63. The third-order valence-electron chi connectivity index (χ3n) is 4.69. The second kappa shape index (κ2) is 5.31. The first-order valence-electron chi connectivity index (χ1n) is 7.66. The van der Waals surface area contributed by atoms with E-state index in [4.69, 9.17) is 4.74 Å². The quantitative estimate of drug-likeness (QED) is 0.718. The molecule has 0 spiro atoms. The first-order chi connectivity index (χ1) is 11.2. The van der Waals surface area contributed by atoms with Gasteiger partial charge in [-0.1, -0.05) is 0 Å². The van der Waals surface area contributed by atoms with Gasteiger partial charge < -0.3 is 14.2 Å². The third kappa shape index (κ3) is 2.17. The summed E-state index contributed by atoms with van der Waals surface area (Å²) in [6, 6.07) is 0. The smallest absolute Gasteiger partial charge is 0.203 e. The van der Waals surface area contributed by atoms with Gasteiger partial charge in [0.25, 0.3) is 0 Å². The van der Waals surface area contributed by atoms with Crippen LogP contribution in [0.15, 0.2) is 31.1 Å². The van der Waals surface area contributed by atoms with Crippen molar-refractivity contribution in [1.82, 2.24) is 29.1 Å².